The summed E-state index contributed by atoms with van der Waals surface area (Å²) >= 11 is 0. The standard InChI is InChI=1S/C20H23N5O/c1-15-20(23-18-6-4-3-5-17(18)22-15)25-11-9-24(10-12-25)14-16-7-8-19(26-2)21-13-16/h3-8,13H,9-12,14H2,1-2H3. The van der Waals surface area contributed by atoms with Gasteiger partial charge >= 0.3 is 0 Å². The molecule has 3 heterocycles. The summed E-state index contributed by atoms with van der Waals surface area (Å²) in [5, 5.41) is 0. The van der Waals surface area contributed by atoms with Gasteiger partial charge < -0.3 is 9.64 Å². The van der Waals surface area contributed by atoms with E-state index in [1.165, 1.54) is 5.56 Å². The predicted molar refractivity (Wildman–Crippen MR) is 103 cm³/mol. The van der Waals surface area contributed by atoms with Gasteiger partial charge in [0.15, 0.2) is 5.82 Å². The number of para-hydroxylation sites is 2. The third-order valence-corrected chi connectivity index (χ3v) is 4.80. The van der Waals surface area contributed by atoms with Crippen LogP contribution in [0.4, 0.5) is 5.82 Å². The minimum Gasteiger partial charge on any atom is -0.481 e. The Labute approximate surface area is 153 Å². The summed E-state index contributed by atoms with van der Waals surface area (Å²) < 4.78 is 5.12. The first-order valence-electron chi connectivity index (χ1n) is 8.92. The zero-order valence-electron chi connectivity index (χ0n) is 15.2. The zero-order chi connectivity index (χ0) is 17.9. The van der Waals surface area contributed by atoms with Gasteiger partial charge in [0.1, 0.15) is 0 Å². The minimum atomic E-state index is 0.656. The number of aromatic nitrogens is 3. The number of ether oxygens (including phenoxy) is 1. The molecule has 1 saturated heterocycles. The van der Waals surface area contributed by atoms with Gasteiger partial charge in [0.2, 0.25) is 5.88 Å². The molecule has 2 aromatic heterocycles. The Bertz CT molecular complexity index is 888. The van der Waals surface area contributed by atoms with Gasteiger partial charge in [-0.15, -0.1) is 0 Å². The van der Waals surface area contributed by atoms with E-state index < -0.39 is 0 Å². The maximum absolute atomic E-state index is 5.12. The van der Waals surface area contributed by atoms with Crippen LogP contribution in [0.1, 0.15) is 11.3 Å². The molecule has 0 unspecified atom stereocenters. The van der Waals surface area contributed by atoms with E-state index in [4.69, 9.17) is 14.7 Å². The lowest BCUT2D eigenvalue weighted by atomic mass is 10.2. The summed E-state index contributed by atoms with van der Waals surface area (Å²) in [6.45, 7) is 6.87. The van der Waals surface area contributed by atoms with Crippen LogP contribution in [0.3, 0.4) is 0 Å². The first-order chi connectivity index (χ1) is 12.7. The van der Waals surface area contributed by atoms with Crippen molar-refractivity contribution in [2.75, 3.05) is 38.2 Å². The van der Waals surface area contributed by atoms with Crippen molar-refractivity contribution < 1.29 is 4.74 Å². The second-order valence-corrected chi connectivity index (χ2v) is 6.59. The Morgan fingerprint density at radius 2 is 1.69 bits per heavy atom. The van der Waals surface area contributed by atoms with Gasteiger partial charge in [-0.05, 0) is 24.6 Å². The van der Waals surface area contributed by atoms with Gasteiger partial charge in [0, 0.05) is 45.0 Å². The molecule has 1 fully saturated rings. The van der Waals surface area contributed by atoms with Crippen molar-refractivity contribution in [3.8, 4) is 5.88 Å². The van der Waals surface area contributed by atoms with E-state index in [0.29, 0.717) is 5.88 Å². The van der Waals surface area contributed by atoms with Crippen molar-refractivity contribution in [3.05, 3.63) is 53.9 Å². The van der Waals surface area contributed by atoms with Gasteiger partial charge in [-0.2, -0.15) is 0 Å². The largest absolute Gasteiger partial charge is 0.481 e. The van der Waals surface area contributed by atoms with Crippen LogP contribution in [0.5, 0.6) is 5.88 Å². The third-order valence-electron chi connectivity index (χ3n) is 4.80. The van der Waals surface area contributed by atoms with Crippen molar-refractivity contribution in [2.45, 2.75) is 13.5 Å². The molecule has 0 saturated carbocycles. The second kappa shape index (κ2) is 7.25. The fraction of sp³-hybridized carbons (Fsp3) is 0.350. The smallest absolute Gasteiger partial charge is 0.212 e. The molecule has 134 valence electrons. The molecule has 0 aliphatic carbocycles. The van der Waals surface area contributed by atoms with Crippen LogP contribution in [0.2, 0.25) is 0 Å². The van der Waals surface area contributed by atoms with Crippen LogP contribution >= 0.6 is 0 Å². The molecule has 0 amide bonds. The summed E-state index contributed by atoms with van der Waals surface area (Å²) in [6, 6.07) is 12.1. The van der Waals surface area contributed by atoms with Crippen molar-refractivity contribution in [1.29, 1.82) is 0 Å². The number of rotatable bonds is 4. The summed E-state index contributed by atoms with van der Waals surface area (Å²) in [5.41, 5.74) is 4.12. The number of hydrogen-bond donors (Lipinski definition) is 0. The molecule has 0 N–H and O–H groups in total. The molecule has 0 bridgehead atoms. The highest BCUT2D eigenvalue weighted by atomic mass is 16.5. The summed E-state index contributed by atoms with van der Waals surface area (Å²) in [7, 11) is 1.64. The lowest BCUT2D eigenvalue weighted by molar-refractivity contribution is 0.249. The van der Waals surface area contributed by atoms with E-state index in [1.54, 1.807) is 7.11 Å². The van der Waals surface area contributed by atoms with Crippen LogP contribution in [0.15, 0.2) is 42.6 Å². The number of fused-ring (bicyclic) bond motifs is 1. The number of anilines is 1. The number of nitrogens with zero attached hydrogens (tertiary/aromatic N) is 5. The van der Waals surface area contributed by atoms with Crippen molar-refractivity contribution in [1.82, 2.24) is 19.9 Å². The van der Waals surface area contributed by atoms with E-state index >= 15 is 0 Å². The topological polar surface area (TPSA) is 54.4 Å². The van der Waals surface area contributed by atoms with Gasteiger partial charge in [-0.3, -0.25) is 4.90 Å². The third kappa shape index (κ3) is 3.46. The molecular weight excluding hydrogens is 326 g/mol. The van der Waals surface area contributed by atoms with Crippen molar-refractivity contribution in [3.63, 3.8) is 0 Å². The molecule has 0 atom stereocenters. The highest BCUT2D eigenvalue weighted by Gasteiger charge is 2.20. The summed E-state index contributed by atoms with van der Waals surface area (Å²) in [6.07, 6.45) is 1.89. The maximum atomic E-state index is 5.12. The predicted octanol–water partition coefficient (Wildman–Crippen LogP) is 2.66. The highest BCUT2D eigenvalue weighted by Crippen LogP contribution is 2.21. The molecular formula is C20H23N5O. The summed E-state index contributed by atoms with van der Waals surface area (Å²) in [4.78, 5) is 18.6. The fourth-order valence-corrected chi connectivity index (χ4v) is 3.38. The summed E-state index contributed by atoms with van der Waals surface area (Å²) in [5.74, 6) is 1.67. The van der Waals surface area contributed by atoms with E-state index in [2.05, 4.69) is 20.9 Å². The molecule has 0 spiro atoms. The van der Waals surface area contributed by atoms with Crippen LogP contribution in [-0.2, 0) is 6.54 Å². The average Bonchev–Trinajstić information content (AvgIpc) is 2.69. The van der Waals surface area contributed by atoms with Gasteiger partial charge in [0.05, 0.1) is 23.8 Å². The van der Waals surface area contributed by atoms with Crippen molar-refractivity contribution >= 4 is 16.9 Å². The fourth-order valence-electron chi connectivity index (χ4n) is 3.38. The van der Waals surface area contributed by atoms with Crippen molar-refractivity contribution in [2.24, 2.45) is 0 Å². The number of hydrogen-bond acceptors (Lipinski definition) is 6. The van der Waals surface area contributed by atoms with Gasteiger partial charge in [-0.1, -0.05) is 18.2 Å². The van der Waals surface area contributed by atoms with E-state index in [-0.39, 0.29) is 0 Å². The molecule has 4 rings (SSSR count). The van der Waals surface area contributed by atoms with Crippen LogP contribution in [0.25, 0.3) is 11.0 Å². The van der Waals surface area contributed by atoms with E-state index in [0.717, 1.165) is 55.3 Å². The monoisotopic (exact) mass is 349 g/mol. The molecule has 26 heavy (non-hydrogen) atoms. The van der Waals surface area contributed by atoms with Gasteiger partial charge in [-0.25, -0.2) is 15.0 Å². The SMILES string of the molecule is COc1ccc(CN2CCN(c3nc4ccccc4nc3C)CC2)cn1. The lowest BCUT2D eigenvalue weighted by Gasteiger charge is -2.35. The average molecular weight is 349 g/mol. The van der Waals surface area contributed by atoms with Crippen LogP contribution in [0, 0.1) is 6.92 Å². The molecule has 6 nitrogen and oxygen atoms in total. The Kier molecular flexibility index (Phi) is 4.67. The minimum absolute atomic E-state index is 0.656. The highest BCUT2D eigenvalue weighted by molar-refractivity contribution is 5.76. The number of benzene rings is 1. The normalized spacial score (nSPS) is 15.4. The van der Waals surface area contributed by atoms with Gasteiger partial charge in [0.25, 0.3) is 0 Å². The first kappa shape index (κ1) is 16.7. The Balaban J connectivity index is 1.42. The number of piperazine rings is 1. The maximum Gasteiger partial charge on any atom is 0.212 e. The van der Waals surface area contributed by atoms with E-state index in [1.807, 2.05) is 43.5 Å². The lowest BCUT2D eigenvalue weighted by Crippen LogP contribution is -2.46. The second-order valence-electron chi connectivity index (χ2n) is 6.59. The Morgan fingerprint density at radius 1 is 0.962 bits per heavy atom. The van der Waals surface area contributed by atoms with Crippen LogP contribution < -0.4 is 9.64 Å². The molecule has 1 aliphatic rings. The molecule has 1 aromatic carbocycles. The van der Waals surface area contributed by atoms with E-state index in [9.17, 15) is 0 Å². The molecule has 6 heteroatoms. The zero-order valence-corrected chi connectivity index (χ0v) is 15.2. The quantitative estimate of drug-likeness (QED) is 0.722. The Hall–Kier alpha value is -2.73. The first-order valence-corrected chi connectivity index (χ1v) is 8.92. The Morgan fingerprint density at radius 3 is 2.35 bits per heavy atom. The molecule has 0 radical (unpaired) electrons. The molecule has 3 aromatic rings. The van der Waals surface area contributed by atoms with Crippen LogP contribution in [-0.4, -0.2) is 53.1 Å². The number of aryl methyl sites for hydroxylation is 1. The number of methoxy groups -OCH3 is 1. The number of pyridine rings is 1. The molecule has 1 aliphatic heterocycles.